The molecule has 1 aliphatic rings. The number of ketones is 1. The van der Waals surface area contributed by atoms with Crippen LogP contribution in [0.2, 0.25) is 0 Å². The maximum absolute atomic E-state index is 14.0. The van der Waals surface area contributed by atoms with Gasteiger partial charge in [-0.05, 0) is 92.5 Å². The zero-order valence-corrected chi connectivity index (χ0v) is 38.9. The highest BCUT2D eigenvalue weighted by atomic mass is 16.6. The first kappa shape index (κ1) is 53.5. The zero-order chi connectivity index (χ0) is 46.3. The molecule has 1 aliphatic carbocycles. The predicted molar refractivity (Wildman–Crippen MR) is 243 cm³/mol. The fourth-order valence-electron chi connectivity index (χ4n) is 6.42. The van der Waals surface area contributed by atoms with Crippen LogP contribution in [0.4, 0.5) is 10.5 Å². The molecule has 3 aromatic carbocycles. The minimum Gasteiger partial charge on any atom is -0.495 e. The van der Waals surface area contributed by atoms with Crippen molar-refractivity contribution in [1.82, 2.24) is 10.6 Å². The molecule has 13 nitrogen and oxygen atoms in total. The van der Waals surface area contributed by atoms with Crippen LogP contribution in [0.3, 0.4) is 0 Å². The average molecular weight is 850 g/mol. The van der Waals surface area contributed by atoms with Crippen molar-refractivity contribution in [2.75, 3.05) is 40.9 Å². The van der Waals surface area contributed by atoms with Crippen molar-refractivity contribution in [1.29, 1.82) is 0 Å². The summed E-state index contributed by atoms with van der Waals surface area (Å²) in [6.07, 6.45) is 3.52. The molecule has 4 rings (SSSR count). The van der Waals surface area contributed by atoms with Crippen molar-refractivity contribution in [3.05, 3.63) is 82.9 Å². The van der Waals surface area contributed by atoms with E-state index < -0.39 is 35.6 Å². The van der Waals surface area contributed by atoms with Crippen molar-refractivity contribution in [3.8, 4) is 23.0 Å². The second kappa shape index (κ2) is 27.3. The predicted octanol–water partition coefficient (Wildman–Crippen LogP) is 8.71. The van der Waals surface area contributed by atoms with Gasteiger partial charge in [-0.2, -0.15) is 0 Å². The Kier molecular flexibility index (Phi) is 23.9. The van der Waals surface area contributed by atoms with Gasteiger partial charge in [0.15, 0.2) is 17.3 Å². The summed E-state index contributed by atoms with van der Waals surface area (Å²) in [5, 5.41) is 15.7. The molecule has 13 heteroatoms. The molecule has 0 radical (unpaired) electrons. The molecule has 0 fully saturated rings. The van der Waals surface area contributed by atoms with Crippen LogP contribution < -0.4 is 34.9 Å². The smallest absolute Gasteiger partial charge is 0.407 e. The SMILES string of the molecule is CC.CCC.CO.COc1ccc(C2=CC(=O)CCc3c2cc(OC)c(OC)c3OC)cc1NC(=O)C(CC(C)C)NC(=O)CC(Cc1ccccc1)NC(=O)OC(C)(C)C. The minimum absolute atomic E-state index is 0.0508. The van der Waals surface area contributed by atoms with Crippen LogP contribution >= 0.6 is 0 Å². The number of benzene rings is 3. The Morgan fingerprint density at radius 2 is 1.41 bits per heavy atom. The van der Waals surface area contributed by atoms with E-state index in [1.54, 1.807) is 46.1 Å². The van der Waals surface area contributed by atoms with E-state index in [1.807, 2.05) is 70.2 Å². The molecule has 0 saturated carbocycles. The summed E-state index contributed by atoms with van der Waals surface area (Å²) in [6.45, 7) is 17.5. The molecule has 3 amide bonds. The number of aliphatic hydroxyl groups is 1. The van der Waals surface area contributed by atoms with Gasteiger partial charge in [0.1, 0.15) is 17.4 Å². The lowest BCUT2D eigenvalue weighted by molar-refractivity contribution is -0.127. The van der Waals surface area contributed by atoms with Gasteiger partial charge in [0, 0.05) is 31.6 Å². The molecule has 4 N–H and O–H groups in total. The molecule has 0 heterocycles. The largest absolute Gasteiger partial charge is 0.495 e. The lowest BCUT2D eigenvalue weighted by atomic mass is 9.92. The summed E-state index contributed by atoms with van der Waals surface area (Å²) in [6, 6.07) is 15.1. The third-order valence-electron chi connectivity index (χ3n) is 8.75. The Hall–Kier alpha value is -5.56. The van der Waals surface area contributed by atoms with Crippen molar-refractivity contribution in [3.63, 3.8) is 0 Å². The number of allylic oxidation sites excluding steroid dienone is 1. The van der Waals surface area contributed by atoms with Gasteiger partial charge in [-0.25, -0.2) is 4.79 Å². The summed E-state index contributed by atoms with van der Waals surface area (Å²) >= 11 is 0. The maximum Gasteiger partial charge on any atom is 0.407 e. The number of fused-ring (bicyclic) bond motifs is 1. The van der Waals surface area contributed by atoms with Crippen molar-refractivity contribution in [2.24, 2.45) is 5.92 Å². The van der Waals surface area contributed by atoms with Gasteiger partial charge in [0.05, 0.1) is 34.1 Å². The van der Waals surface area contributed by atoms with Crippen LogP contribution in [-0.4, -0.2) is 82.0 Å². The summed E-state index contributed by atoms with van der Waals surface area (Å²) < 4.78 is 28.1. The van der Waals surface area contributed by atoms with Gasteiger partial charge in [0.25, 0.3) is 0 Å². The second-order valence-electron chi connectivity index (χ2n) is 15.3. The zero-order valence-electron chi connectivity index (χ0n) is 38.9. The number of methoxy groups -OCH3 is 4. The third kappa shape index (κ3) is 17.1. The van der Waals surface area contributed by atoms with E-state index in [4.69, 9.17) is 28.8 Å². The number of rotatable bonds is 15. The van der Waals surface area contributed by atoms with Gasteiger partial charge in [-0.15, -0.1) is 0 Å². The molecular weight excluding hydrogens is 779 g/mol. The Bertz CT molecular complexity index is 1870. The van der Waals surface area contributed by atoms with E-state index in [2.05, 4.69) is 29.8 Å². The molecule has 3 aromatic rings. The van der Waals surface area contributed by atoms with Crippen LogP contribution in [0.1, 0.15) is 110 Å². The van der Waals surface area contributed by atoms with Crippen LogP contribution in [-0.2, 0) is 32.0 Å². The summed E-state index contributed by atoms with van der Waals surface area (Å²) in [5.74, 6) is 0.849. The van der Waals surface area contributed by atoms with E-state index in [-0.39, 0.29) is 24.5 Å². The maximum atomic E-state index is 14.0. The van der Waals surface area contributed by atoms with Gasteiger partial charge in [-0.3, -0.25) is 14.4 Å². The lowest BCUT2D eigenvalue weighted by Crippen LogP contribution is -2.48. The monoisotopic (exact) mass is 850 g/mol. The van der Waals surface area contributed by atoms with Crippen molar-refractivity contribution < 1.29 is 48.0 Å². The van der Waals surface area contributed by atoms with Gasteiger partial charge < -0.3 is 44.7 Å². The number of amides is 3. The van der Waals surface area contributed by atoms with Crippen molar-refractivity contribution >= 4 is 35.0 Å². The molecule has 61 heavy (non-hydrogen) atoms. The highest BCUT2D eigenvalue weighted by Gasteiger charge is 2.29. The Morgan fingerprint density at radius 3 is 1.95 bits per heavy atom. The number of hydrogen-bond donors (Lipinski definition) is 4. The number of carbonyl (C=O) groups excluding carboxylic acids is 4. The highest BCUT2D eigenvalue weighted by molar-refractivity contribution is 6.04. The molecule has 0 saturated heterocycles. The van der Waals surface area contributed by atoms with E-state index in [0.717, 1.165) is 23.8 Å². The summed E-state index contributed by atoms with van der Waals surface area (Å²) in [4.78, 5) is 53.4. The van der Waals surface area contributed by atoms with Gasteiger partial charge in [0.2, 0.25) is 17.6 Å². The van der Waals surface area contributed by atoms with Crippen LogP contribution in [0, 0.1) is 5.92 Å². The van der Waals surface area contributed by atoms with Crippen LogP contribution in [0.15, 0.2) is 60.7 Å². The fourth-order valence-corrected chi connectivity index (χ4v) is 6.42. The quantitative estimate of drug-likeness (QED) is 0.116. The molecule has 338 valence electrons. The Labute approximate surface area is 363 Å². The van der Waals surface area contributed by atoms with E-state index in [1.165, 1.54) is 27.8 Å². The molecule has 0 spiro atoms. The first-order valence-corrected chi connectivity index (χ1v) is 20.9. The summed E-state index contributed by atoms with van der Waals surface area (Å²) in [7, 11) is 7.10. The number of nitrogens with one attached hydrogen (secondary N) is 3. The molecule has 2 unspecified atom stereocenters. The second-order valence-corrected chi connectivity index (χ2v) is 15.3. The molecule has 0 aliphatic heterocycles. The first-order chi connectivity index (χ1) is 29.1. The van der Waals surface area contributed by atoms with Crippen molar-refractivity contribution in [2.45, 2.75) is 119 Å². The highest BCUT2D eigenvalue weighted by Crippen LogP contribution is 2.47. The number of aliphatic hydroxyl groups excluding tert-OH is 1. The summed E-state index contributed by atoms with van der Waals surface area (Å²) in [5.41, 5.74) is 3.33. The Morgan fingerprint density at radius 1 is 0.803 bits per heavy atom. The van der Waals surface area contributed by atoms with Gasteiger partial charge in [-0.1, -0.05) is 84.4 Å². The fraction of sp³-hybridized carbons (Fsp3) is 0.500. The standard InChI is InChI=1S/C42H53N3O9.C3H8.C2H6.CH4O/c1-25(2)19-34(44-37(47)22-28(20-26-13-11-10-12-14-26)43-41(49)54-42(3,4)5)40(48)45-33-21-27(15-18-35(33)50-6)31-23-29(46)16-17-30-32(31)24-36(51-7)39(53-9)38(30)52-8;1-3-2;2*1-2/h10-15,18,21,23-25,28,34H,16-17,19-20,22H2,1-9H3,(H,43,49)(H,44,47)(H,45,48);3H2,1-2H3;1-2H3;2H,1H3. The third-order valence-corrected chi connectivity index (χ3v) is 8.75. The number of alkyl carbamates (subject to hydrolysis) is 1. The molecule has 0 aromatic heterocycles. The average Bonchev–Trinajstić information content (AvgIpc) is 3.39. The number of hydrogen-bond acceptors (Lipinski definition) is 10. The van der Waals surface area contributed by atoms with E-state index >= 15 is 0 Å². The minimum atomic E-state index is -0.912. The molecule has 0 bridgehead atoms. The normalized spacial score (nSPS) is 12.7. The Balaban J connectivity index is 0.00000250. The van der Waals surface area contributed by atoms with Gasteiger partial charge >= 0.3 is 6.09 Å². The van der Waals surface area contributed by atoms with Crippen LogP contribution in [0.5, 0.6) is 23.0 Å². The van der Waals surface area contributed by atoms with E-state index in [9.17, 15) is 19.2 Å². The number of carbonyl (C=O) groups is 4. The van der Waals surface area contributed by atoms with E-state index in [0.29, 0.717) is 59.1 Å². The molecule has 2 atom stereocenters. The first-order valence-electron chi connectivity index (χ1n) is 20.9. The molecular formula is C48H71N3O10. The topological polar surface area (TPSA) is 171 Å². The lowest BCUT2D eigenvalue weighted by Gasteiger charge is -2.25. The number of ether oxygens (including phenoxy) is 5. The number of anilines is 1. The van der Waals surface area contributed by atoms with Crippen LogP contribution in [0.25, 0.3) is 5.57 Å².